The van der Waals surface area contributed by atoms with Crippen molar-refractivity contribution in [2.24, 2.45) is 0 Å². The molecule has 0 aliphatic carbocycles. The Morgan fingerprint density at radius 1 is 1.07 bits per heavy atom. The van der Waals surface area contributed by atoms with Gasteiger partial charge in [0.2, 0.25) is 0 Å². The van der Waals surface area contributed by atoms with Crippen molar-refractivity contribution in [2.75, 3.05) is 36.1 Å². The summed E-state index contributed by atoms with van der Waals surface area (Å²) in [7, 11) is -3.23. The van der Waals surface area contributed by atoms with Crippen molar-refractivity contribution in [3.63, 3.8) is 0 Å². The predicted molar refractivity (Wildman–Crippen MR) is 170 cm³/mol. The smallest absolute Gasteiger partial charge is 0.319 e. The summed E-state index contributed by atoms with van der Waals surface area (Å²) in [6.45, 7) is 3.11. The van der Waals surface area contributed by atoms with E-state index in [4.69, 9.17) is 9.72 Å². The topological polar surface area (TPSA) is 95.9 Å². The number of halogens is 3. The van der Waals surface area contributed by atoms with Crippen LogP contribution in [0.2, 0.25) is 0 Å². The monoisotopic (exact) mass is 652 g/mol. The third kappa shape index (κ3) is 4.70. The Morgan fingerprint density at radius 2 is 1.85 bits per heavy atom. The van der Waals surface area contributed by atoms with Gasteiger partial charge in [-0.2, -0.15) is 9.97 Å². The summed E-state index contributed by atoms with van der Waals surface area (Å²) in [4.78, 5) is 13.4. The highest BCUT2D eigenvalue weighted by Crippen LogP contribution is 2.44. The molecule has 242 valence electrons. The molecule has 4 atom stereocenters. The summed E-state index contributed by atoms with van der Waals surface area (Å²) in [5.74, 6) is -0.806. The van der Waals surface area contributed by atoms with Gasteiger partial charge in [-0.1, -0.05) is 19.1 Å². The van der Waals surface area contributed by atoms with Crippen molar-refractivity contribution in [2.45, 2.75) is 69.2 Å². The third-order valence-electron chi connectivity index (χ3n) is 10.6. The molecule has 2 bridgehead atoms. The van der Waals surface area contributed by atoms with E-state index in [2.05, 4.69) is 9.88 Å². The summed E-state index contributed by atoms with van der Waals surface area (Å²) >= 11 is 0. The second-order valence-corrected chi connectivity index (χ2v) is 15.5. The Balaban J connectivity index is 1.30. The average Bonchev–Trinajstić information content (AvgIpc) is 3.63. The van der Waals surface area contributed by atoms with Gasteiger partial charge in [0.25, 0.3) is 0 Å². The Bertz CT molecular complexity index is 1990. The van der Waals surface area contributed by atoms with Crippen LogP contribution in [0.15, 0.2) is 36.4 Å². The molecule has 12 heteroatoms. The third-order valence-corrected chi connectivity index (χ3v) is 12.3. The first kappa shape index (κ1) is 29.7. The molecule has 4 aliphatic heterocycles. The van der Waals surface area contributed by atoms with Crippen molar-refractivity contribution in [1.82, 2.24) is 14.9 Å². The summed E-state index contributed by atoms with van der Waals surface area (Å²) in [6.07, 6.45) is 2.81. The van der Waals surface area contributed by atoms with Crippen molar-refractivity contribution >= 4 is 37.3 Å². The van der Waals surface area contributed by atoms with E-state index in [0.29, 0.717) is 65.3 Å². The number of rotatable bonds is 6. The first-order valence-corrected chi connectivity index (χ1v) is 17.8. The molecule has 0 spiro atoms. The molecule has 8 rings (SSSR count). The van der Waals surface area contributed by atoms with E-state index in [1.807, 2.05) is 11.8 Å². The number of phenols is 1. The van der Waals surface area contributed by atoms with E-state index in [0.717, 1.165) is 19.4 Å². The van der Waals surface area contributed by atoms with Crippen molar-refractivity contribution < 1.29 is 31.4 Å². The number of anilines is 1. The first-order valence-electron chi connectivity index (χ1n) is 16.0. The van der Waals surface area contributed by atoms with Gasteiger partial charge in [-0.3, -0.25) is 4.90 Å². The number of hydrogen-bond donors (Lipinski definition) is 1. The standard InChI is InChI=1S/C34H35F3N4O4S/c1-2-24-28(36)9-4-19-12-23(42)13-27(29(19)24)25-7-8-26-31(30(25)37)38-33(45-18-34-10-3-11-40(34)15-20(35)14-34)39-32(26)41-21-5-6-22(41)17-46(43,44)16-21/h4,7-9,12-13,20-22,42H,2-3,5-6,10-11,14-18H2,1H3/t20-,21?,22?,34+/m1/s1. The number of fused-ring (bicyclic) bond motifs is 5. The van der Waals surface area contributed by atoms with Gasteiger partial charge in [-0.15, -0.1) is 0 Å². The molecule has 2 unspecified atom stereocenters. The molecule has 0 saturated carbocycles. The molecular formula is C34H35F3N4O4S. The molecule has 4 saturated heterocycles. The molecule has 0 amide bonds. The number of sulfone groups is 1. The zero-order valence-electron chi connectivity index (χ0n) is 25.5. The predicted octanol–water partition coefficient (Wildman–Crippen LogP) is 5.72. The number of ether oxygens (including phenoxy) is 1. The van der Waals surface area contributed by atoms with Gasteiger partial charge in [0.15, 0.2) is 15.7 Å². The number of hydrogen-bond acceptors (Lipinski definition) is 8. The summed E-state index contributed by atoms with van der Waals surface area (Å²) in [5, 5.41) is 12.1. The van der Waals surface area contributed by atoms with Crippen LogP contribution in [0.4, 0.5) is 19.0 Å². The van der Waals surface area contributed by atoms with Crippen LogP contribution in [0.25, 0.3) is 32.8 Å². The average molecular weight is 653 g/mol. The van der Waals surface area contributed by atoms with Crippen LogP contribution >= 0.6 is 0 Å². The van der Waals surface area contributed by atoms with Crippen LogP contribution in [0, 0.1) is 11.6 Å². The van der Waals surface area contributed by atoms with E-state index in [9.17, 15) is 22.3 Å². The number of nitrogens with zero attached hydrogens (tertiary/aromatic N) is 4. The van der Waals surface area contributed by atoms with Gasteiger partial charge >= 0.3 is 6.01 Å². The van der Waals surface area contributed by atoms with Crippen molar-refractivity contribution in [1.29, 1.82) is 0 Å². The molecule has 1 N–H and O–H groups in total. The SMILES string of the molecule is CCc1c(F)ccc2cc(O)cc(-c3ccc4c(N5C6CCC5CS(=O)(=O)C6)nc(OC[C@@]56CCCN5C[C@H](F)C6)nc4c3F)c12. The lowest BCUT2D eigenvalue weighted by atomic mass is 9.92. The number of aromatic hydroxyl groups is 1. The highest BCUT2D eigenvalue weighted by atomic mass is 32.2. The second-order valence-electron chi connectivity index (χ2n) is 13.4. The highest BCUT2D eigenvalue weighted by Gasteiger charge is 2.50. The lowest BCUT2D eigenvalue weighted by Crippen LogP contribution is -2.49. The molecule has 4 aromatic rings. The van der Waals surface area contributed by atoms with Gasteiger partial charge in [0.1, 0.15) is 35.7 Å². The number of phenolic OH excluding ortho intramolecular Hbond substituents is 1. The van der Waals surface area contributed by atoms with Gasteiger partial charge < -0.3 is 14.7 Å². The van der Waals surface area contributed by atoms with Gasteiger partial charge in [0, 0.05) is 36.0 Å². The largest absolute Gasteiger partial charge is 0.508 e. The minimum atomic E-state index is -3.23. The fourth-order valence-corrected chi connectivity index (χ4v) is 10.6. The maximum atomic E-state index is 16.9. The van der Waals surface area contributed by atoms with Crippen molar-refractivity contribution in [3.05, 3.63) is 53.6 Å². The van der Waals surface area contributed by atoms with Crippen LogP contribution in [0.1, 0.15) is 44.6 Å². The van der Waals surface area contributed by atoms with E-state index >= 15 is 4.39 Å². The van der Waals surface area contributed by atoms with Crippen LogP contribution in [-0.4, -0.2) is 83.4 Å². The zero-order valence-corrected chi connectivity index (χ0v) is 26.3. The van der Waals surface area contributed by atoms with Crippen LogP contribution < -0.4 is 9.64 Å². The normalized spacial score (nSPS) is 27.1. The Labute approximate surface area is 265 Å². The van der Waals surface area contributed by atoms with E-state index in [-0.39, 0.29) is 53.0 Å². The van der Waals surface area contributed by atoms with E-state index < -0.39 is 33.2 Å². The molecule has 5 heterocycles. The molecule has 0 radical (unpaired) electrons. The number of alkyl halides is 1. The molecular weight excluding hydrogens is 617 g/mol. The number of aromatic nitrogens is 2. The minimum absolute atomic E-state index is 0.0116. The quantitative estimate of drug-likeness (QED) is 0.283. The molecule has 3 aromatic carbocycles. The fraction of sp³-hybridized carbons (Fsp3) is 0.471. The van der Waals surface area contributed by atoms with Gasteiger partial charge in [-0.05, 0) is 84.8 Å². The maximum absolute atomic E-state index is 16.9. The fourth-order valence-electron chi connectivity index (χ4n) is 8.59. The molecule has 8 nitrogen and oxygen atoms in total. The number of benzene rings is 3. The Morgan fingerprint density at radius 3 is 2.61 bits per heavy atom. The highest BCUT2D eigenvalue weighted by molar-refractivity contribution is 7.91. The first-order chi connectivity index (χ1) is 22.1. The van der Waals surface area contributed by atoms with Crippen LogP contribution in [0.3, 0.4) is 0 Å². The maximum Gasteiger partial charge on any atom is 0.319 e. The van der Waals surface area contributed by atoms with E-state index in [1.165, 1.54) is 18.2 Å². The molecule has 4 aliphatic rings. The minimum Gasteiger partial charge on any atom is -0.508 e. The molecule has 4 fully saturated rings. The summed E-state index contributed by atoms with van der Waals surface area (Å²) in [6, 6.07) is 8.48. The lowest BCUT2D eigenvalue weighted by molar-refractivity contribution is 0.107. The Kier molecular flexibility index (Phi) is 6.92. The van der Waals surface area contributed by atoms with E-state index in [1.54, 1.807) is 18.2 Å². The molecule has 1 aromatic heterocycles. The summed E-state index contributed by atoms with van der Waals surface area (Å²) < 4.78 is 77.9. The Hall–Kier alpha value is -3.64. The van der Waals surface area contributed by atoms with Crippen LogP contribution in [0.5, 0.6) is 11.8 Å². The number of aryl methyl sites for hydroxylation is 1. The van der Waals surface area contributed by atoms with Crippen LogP contribution in [-0.2, 0) is 16.3 Å². The van der Waals surface area contributed by atoms with Gasteiger partial charge in [-0.25, -0.2) is 21.6 Å². The lowest BCUT2D eigenvalue weighted by Gasteiger charge is -2.36. The second kappa shape index (κ2) is 10.7. The van der Waals surface area contributed by atoms with Crippen molar-refractivity contribution in [3.8, 4) is 22.9 Å². The van der Waals surface area contributed by atoms with Gasteiger partial charge in [0.05, 0.1) is 17.0 Å². The zero-order chi connectivity index (χ0) is 32.0. The summed E-state index contributed by atoms with van der Waals surface area (Å²) in [5.41, 5.74) is 0.376. The molecule has 46 heavy (non-hydrogen) atoms.